The van der Waals surface area contributed by atoms with Crippen molar-refractivity contribution in [2.75, 3.05) is 0 Å². The van der Waals surface area contributed by atoms with Crippen LogP contribution in [0.15, 0.2) is 35.3 Å². The number of hydrogen-bond donors (Lipinski definition) is 1. The van der Waals surface area contributed by atoms with E-state index in [9.17, 15) is 0 Å². The maximum Gasteiger partial charge on any atom is 0.128 e. The lowest BCUT2D eigenvalue weighted by molar-refractivity contribution is 0.548. The standard InChI is InChI=1S/C12H16N2/c1-3-11-9(2)13-12(14-11)10-7-5-4-6-8-10/h4-9,11H,3H2,1-2H3,(H,13,14). The summed E-state index contributed by atoms with van der Waals surface area (Å²) in [6, 6.07) is 11.2. The highest BCUT2D eigenvalue weighted by Gasteiger charge is 2.23. The highest BCUT2D eigenvalue weighted by atomic mass is 15.1. The van der Waals surface area contributed by atoms with E-state index in [1.165, 1.54) is 5.56 Å². The van der Waals surface area contributed by atoms with Gasteiger partial charge in [0.1, 0.15) is 5.84 Å². The largest absolute Gasteiger partial charge is 0.365 e. The Bertz CT molecular complexity index is 329. The highest BCUT2D eigenvalue weighted by Crippen LogP contribution is 2.14. The minimum atomic E-state index is 0.435. The van der Waals surface area contributed by atoms with Crippen LogP contribution in [0, 0.1) is 0 Å². The average molecular weight is 188 g/mol. The first kappa shape index (κ1) is 9.25. The minimum Gasteiger partial charge on any atom is -0.365 e. The SMILES string of the molecule is CCC1N=C(c2ccccc2)NC1C. The van der Waals surface area contributed by atoms with Crippen LogP contribution in [0.3, 0.4) is 0 Å². The van der Waals surface area contributed by atoms with Crippen molar-refractivity contribution in [3.05, 3.63) is 35.9 Å². The summed E-state index contributed by atoms with van der Waals surface area (Å²) in [4.78, 5) is 4.66. The topological polar surface area (TPSA) is 24.4 Å². The number of aliphatic imine (C=N–C) groups is 1. The summed E-state index contributed by atoms with van der Waals surface area (Å²) in [5.74, 6) is 1.05. The Kier molecular flexibility index (Phi) is 2.53. The van der Waals surface area contributed by atoms with Gasteiger partial charge in [0.15, 0.2) is 0 Å². The molecule has 1 aliphatic heterocycles. The fourth-order valence-electron chi connectivity index (χ4n) is 1.83. The monoisotopic (exact) mass is 188 g/mol. The normalized spacial score (nSPS) is 25.7. The molecule has 1 aromatic carbocycles. The number of rotatable bonds is 2. The summed E-state index contributed by atoms with van der Waals surface area (Å²) < 4.78 is 0. The van der Waals surface area contributed by atoms with Gasteiger partial charge in [0, 0.05) is 11.6 Å². The van der Waals surface area contributed by atoms with Crippen molar-refractivity contribution in [3.63, 3.8) is 0 Å². The molecule has 0 amide bonds. The van der Waals surface area contributed by atoms with Crippen molar-refractivity contribution in [2.24, 2.45) is 4.99 Å². The molecule has 0 saturated heterocycles. The zero-order valence-corrected chi connectivity index (χ0v) is 8.70. The van der Waals surface area contributed by atoms with Crippen molar-refractivity contribution >= 4 is 5.84 Å². The lowest BCUT2D eigenvalue weighted by Gasteiger charge is -2.10. The lowest BCUT2D eigenvalue weighted by atomic mass is 10.1. The smallest absolute Gasteiger partial charge is 0.128 e. The lowest BCUT2D eigenvalue weighted by Crippen LogP contribution is -2.31. The van der Waals surface area contributed by atoms with Gasteiger partial charge in [0.2, 0.25) is 0 Å². The first-order chi connectivity index (χ1) is 6.81. The molecule has 14 heavy (non-hydrogen) atoms. The van der Waals surface area contributed by atoms with E-state index in [0.29, 0.717) is 12.1 Å². The number of amidine groups is 1. The summed E-state index contributed by atoms with van der Waals surface area (Å²) in [6.45, 7) is 4.37. The molecule has 0 spiro atoms. The molecular formula is C12H16N2. The Labute approximate surface area is 85.1 Å². The third-order valence-electron chi connectivity index (χ3n) is 2.70. The van der Waals surface area contributed by atoms with E-state index in [4.69, 9.17) is 0 Å². The van der Waals surface area contributed by atoms with Gasteiger partial charge >= 0.3 is 0 Å². The van der Waals surface area contributed by atoms with Crippen LogP contribution in [0.25, 0.3) is 0 Å². The molecule has 74 valence electrons. The van der Waals surface area contributed by atoms with Crippen LogP contribution in [-0.2, 0) is 0 Å². The van der Waals surface area contributed by atoms with Crippen molar-refractivity contribution in [2.45, 2.75) is 32.4 Å². The predicted molar refractivity (Wildman–Crippen MR) is 59.7 cm³/mol. The summed E-state index contributed by atoms with van der Waals surface area (Å²) in [6.07, 6.45) is 1.10. The molecule has 1 aromatic rings. The van der Waals surface area contributed by atoms with Gasteiger partial charge < -0.3 is 5.32 Å². The van der Waals surface area contributed by atoms with Gasteiger partial charge in [-0.15, -0.1) is 0 Å². The molecule has 2 atom stereocenters. The van der Waals surface area contributed by atoms with Gasteiger partial charge in [-0.2, -0.15) is 0 Å². The Morgan fingerprint density at radius 2 is 2.00 bits per heavy atom. The Morgan fingerprint density at radius 1 is 1.29 bits per heavy atom. The van der Waals surface area contributed by atoms with E-state index >= 15 is 0 Å². The van der Waals surface area contributed by atoms with Crippen molar-refractivity contribution < 1.29 is 0 Å². The fourth-order valence-corrected chi connectivity index (χ4v) is 1.83. The van der Waals surface area contributed by atoms with Gasteiger partial charge in [-0.05, 0) is 13.3 Å². The van der Waals surface area contributed by atoms with Crippen LogP contribution in [-0.4, -0.2) is 17.9 Å². The van der Waals surface area contributed by atoms with Gasteiger partial charge in [0.25, 0.3) is 0 Å². The van der Waals surface area contributed by atoms with Crippen molar-refractivity contribution in [3.8, 4) is 0 Å². The van der Waals surface area contributed by atoms with Crippen LogP contribution in [0.1, 0.15) is 25.8 Å². The number of nitrogens with zero attached hydrogens (tertiary/aromatic N) is 1. The fraction of sp³-hybridized carbons (Fsp3) is 0.417. The van der Waals surface area contributed by atoms with Crippen LogP contribution in [0.5, 0.6) is 0 Å². The second kappa shape index (κ2) is 3.82. The molecule has 2 unspecified atom stereocenters. The van der Waals surface area contributed by atoms with Gasteiger partial charge in [0.05, 0.1) is 6.04 Å². The van der Waals surface area contributed by atoms with Gasteiger partial charge in [-0.1, -0.05) is 37.3 Å². The van der Waals surface area contributed by atoms with E-state index in [-0.39, 0.29) is 0 Å². The molecule has 1 N–H and O–H groups in total. The molecule has 0 saturated carbocycles. The summed E-state index contributed by atoms with van der Waals surface area (Å²) in [5, 5.41) is 3.42. The molecule has 1 heterocycles. The first-order valence-electron chi connectivity index (χ1n) is 5.21. The van der Waals surface area contributed by atoms with E-state index < -0.39 is 0 Å². The highest BCUT2D eigenvalue weighted by molar-refractivity contribution is 6.00. The van der Waals surface area contributed by atoms with Gasteiger partial charge in [-0.3, -0.25) is 4.99 Å². The third kappa shape index (κ3) is 1.65. The van der Waals surface area contributed by atoms with Crippen LogP contribution in [0.4, 0.5) is 0 Å². The molecule has 2 rings (SSSR count). The summed E-state index contributed by atoms with van der Waals surface area (Å²) >= 11 is 0. The molecule has 0 bridgehead atoms. The maximum absolute atomic E-state index is 4.66. The zero-order valence-electron chi connectivity index (χ0n) is 8.70. The Morgan fingerprint density at radius 3 is 2.57 bits per heavy atom. The third-order valence-corrected chi connectivity index (χ3v) is 2.70. The van der Waals surface area contributed by atoms with Crippen LogP contribution < -0.4 is 5.32 Å². The second-order valence-electron chi connectivity index (χ2n) is 3.75. The Hall–Kier alpha value is -1.31. The first-order valence-corrected chi connectivity index (χ1v) is 5.21. The van der Waals surface area contributed by atoms with Crippen molar-refractivity contribution in [1.29, 1.82) is 0 Å². The summed E-state index contributed by atoms with van der Waals surface area (Å²) in [7, 11) is 0. The van der Waals surface area contributed by atoms with E-state index in [1.807, 2.05) is 18.2 Å². The molecule has 1 aliphatic rings. The molecule has 0 radical (unpaired) electrons. The van der Waals surface area contributed by atoms with E-state index in [2.05, 4.69) is 36.3 Å². The van der Waals surface area contributed by atoms with Crippen LogP contribution in [0.2, 0.25) is 0 Å². The van der Waals surface area contributed by atoms with Crippen molar-refractivity contribution in [1.82, 2.24) is 5.32 Å². The van der Waals surface area contributed by atoms with E-state index in [1.54, 1.807) is 0 Å². The minimum absolute atomic E-state index is 0.435. The maximum atomic E-state index is 4.66. The Balaban J connectivity index is 2.22. The molecule has 0 fully saturated rings. The predicted octanol–water partition coefficient (Wildman–Crippen LogP) is 2.20. The quantitative estimate of drug-likeness (QED) is 0.756. The van der Waals surface area contributed by atoms with E-state index in [0.717, 1.165) is 12.3 Å². The molecule has 2 nitrogen and oxygen atoms in total. The zero-order chi connectivity index (χ0) is 9.97. The number of hydrogen-bond acceptors (Lipinski definition) is 2. The number of benzene rings is 1. The van der Waals surface area contributed by atoms with Crippen LogP contribution >= 0.6 is 0 Å². The molecular weight excluding hydrogens is 172 g/mol. The second-order valence-corrected chi connectivity index (χ2v) is 3.75. The molecule has 2 heteroatoms. The number of nitrogens with one attached hydrogen (secondary N) is 1. The summed E-state index contributed by atoms with van der Waals surface area (Å²) in [5.41, 5.74) is 1.19. The molecule has 0 aliphatic carbocycles. The molecule has 0 aromatic heterocycles. The average Bonchev–Trinajstić information content (AvgIpc) is 2.61. The van der Waals surface area contributed by atoms with Gasteiger partial charge in [-0.25, -0.2) is 0 Å².